The number of nitrogens with zero attached hydrogens (tertiary/aromatic N) is 3. The molecule has 2 saturated carbocycles. The van der Waals surface area contributed by atoms with Crippen LogP contribution in [0.5, 0.6) is 0 Å². The maximum atomic E-state index is 10.5. The SMILES string of the molecule is COC1CCC(Nc2ncc(C#N)c(C[C@@H]3CCCC[C@@](C)(O)C3)n2)CC1.[HH]. The molecule has 27 heavy (non-hydrogen) atoms. The Morgan fingerprint density at radius 2 is 2.11 bits per heavy atom. The van der Waals surface area contributed by atoms with E-state index in [1.807, 2.05) is 6.92 Å². The number of hydrogen-bond acceptors (Lipinski definition) is 6. The molecule has 1 aromatic heterocycles. The van der Waals surface area contributed by atoms with Gasteiger partial charge in [0.25, 0.3) is 0 Å². The molecule has 1 aromatic rings. The predicted molar refractivity (Wildman–Crippen MR) is 106 cm³/mol. The van der Waals surface area contributed by atoms with Crippen molar-refractivity contribution in [3.8, 4) is 6.07 Å². The van der Waals surface area contributed by atoms with Crippen LogP contribution in [0.2, 0.25) is 0 Å². The summed E-state index contributed by atoms with van der Waals surface area (Å²) in [4.78, 5) is 9.05. The Balaban J connectivity index is 0.00000280. The Hall–Kier alpha value is -1.71. The maximum Gasteiger partial charge on any atom is 0.223 e. The molecule has 2 aliphatic carbocycles. The molecule has 2 atom stereocenters. The van der Waals surface area contributed by atoms with Crippen molar-refractivity contribution in [2.75, 3.05) is 12.4 Å². The maximum absolute atomic E-state index is 10.5. The highest BCUT2D eigenvalue weighted by molar-refractivity contribution is 5.37. The number of nitriles is 1. The summed E-state index contributed by atoms with van der Waals surface area (Å²) in [6.45, 7) is 1.93. The summed E-state index contributed by atoms with van der Waals surface area (Å²) >= 11 is 0. The van der Waals surface area contributed by atoms with Crippen molar-refractivity contribution in [3.05, 3.63) is 17.5 Å². The van der Waals surface area contributed by atoms with E-state index in [1.54, 1.807) is 13.3 Å². The van der Waals surface area contributed by atoms with E-state index in [-0.39, 0.29) is 1.43 Å². The van der Waals surface area contributed by atoms with E-state index in [4.69, 9.17) is 9.72 Å². The van der Waals surface area contributed by atoms with E-state index >= 15 is 0 Å². The summed E-state index contributed by atoms with van der Waals surface area (Å²) in [5.74, 6) is 0.972. The van der Waals surface area contributed by atoms with Gasteiger partial charge in [0.1, 0.15) is 6.07 Å². The molecule has 0 spiro atoms. The van der Waals surface area contributed by atoms with Crippen molar-refractivity contribution in [1.82, 2.24) is 9.97 Å². The van der Waals surface area contributed by atoms with E-state index in [2.05, 4.69) is 16.4 Å². The predicted octanol–water partition coefficient (Wildman–Crippen LogP) is 3.84. The van der Waals surface area contributed by atoms with Gasteiger partial charge >= 0.3 is 0 Å². The lowest BCUT2D eigenvalue weighted by Gasteiger charge is -2.28. The molecule has 0 radical (unpaired) electrons. The molecule has 1 heterocycles. The summed E-state index contributed by atoms with van der Waals surface area (Å²) in [5, 5.41) is 23.4. The van der Waals surface area contributed by atoms with Gasteiger partial charge in [-0.25, -0.2) is 9.97 Å². The second-order valence-corrected chi connectivity index (χ2v) is 8.54. The normalized spacial score (nSPS) is 31.7. The minimum atomic E-state index is -0.609. The zero-order chi connectivity index (χ0) is 19.3. The Morgan fingerprint density at radius 3 is 2.81 bits per heavy atom. The Labute approximate surface area is 163 Å². The zero-order valence-corrected chi connectivity index (χ0v) is 16.6. The van der Waals surface area contributed by atoms with Crippen LogP contribution in [-0.2, 0) is 11.2 Å². The molecular formula is C21H34N4O2. The number of rotatable bonds is 5. The minimum Gasteiger partial charge on any atom is -0.390 e. The van der Waals surface area contributed by atoms with Crippen LogP contribution in [0.1, 0.15) is 77.4 Å². The first-order valence-corrected chi connectivity index (χ1v) is 10.3. The lowest BCUT2D eigenvalue weighted by Crippen LogP contribution is -2.30. The van der Waals surface area contributed by atoms with Crippen molar-refractivity contribution >= 4 is 5.95 Å². The van der Waals surface area contributed by atoms with Gasteiger partial charge in [0, 0.05) is 14.6 Å². The zero-order valence-electron chi connectivity index (χ0n) is 16.6. The van der Waals surface area contributed by atoms with Crippen molar-refractivity contribution in [2.45, 2.75) is 88.9 Å². The Morgan fingerprint density at radius 1 is 1.33 bits per heavy atom. The van der Waals surface area contributed by atoms with Crippen molar-refractivity contribution in [2.24, 2.45) is 5.92 Å². The van der Waals surface area contributed by atoms with Gasteiger partial charge in [-0.05, 0) is 64.2 Å². The average Bonchev–Trinajstić information content (AvgIpc) is 2.82. The molecular weight excluding hydrogens is 340 g/mol. The van der Waals surface area contributed by atoms with Gasteiger partial charge in [0.15, 0.2) is 0 Å². The number of nitrogens with one attached hydrogen (secondary N) is 1. The highest BCUT2D eigenvalue weighted by Gasteiger charge is 2.29. The average molecular weight is 375 g/mol. The third-order valence-corrected chi connectivity index (χ3v) is 6.12. The Bertz CT molecular complexity index is 669. The second kappa shape index (κ2) is 8.99. The number of aromatic nitrogens is 2. The lowest BCUT2D eigenvalue weighted by molar-refractivity contribution is 0.0318. The van der Waals surface area contributed by atoms with Crippen LogP contribution >= 0.6 is 0 Å². The molecule has 2 fully saturated rings. The highest BCUT2D eigenvalue weighted by atomic mass is 16.5. The van der Waals surface area contributed by atoms with Crippen LogP contribution in [0, 0.1) is 17.2 Å². The molecule has 150 valence electrons. The second-order valence-electron chi connectivity index (χ2n) is 8.54. The summed E-state index contributed by atoms with van der Waals surface area (Å²) < 4.78 is 5.44. The van der Waals surface area contributed by atoms with Gasteiger partial charge in [-0.15, -0.1) is 0 Å². The van der Waals surface area contributed by atoms with Crippen molar-refractivity contribution in [3.63, 3.8) is 0 Å². The number of methoxy groups -OCH3 is 1. The monoisotopic (exact) mass is 374 g/mol. The molecule has 2 aliphatic rings. The number of anilines is 1. The fourth-order valence-corrected chi connectivity index (χ4v) is 4.57. The third kappa shape index (κ3) is 5.63. The molecule has 6 nitrogen and oxygen atoms in total. The highest BCUT2D eigenvalue weighted by Crippen LogP contribution is 2.33. The van der Waals surface area contributed by atoms with Crippen LogP contribution in [0.15, 0.2) is 6.20 Å². The van der Waals surface area contributed by atoms with Crippen LogP contribution < -0.4 is 5.32 Å². The Kier molecular flexibility index (Phi) is 6.67. The van der Waals surface area contributed by atoms with E-state index in [1.165, 1.54) is 0 Å². The molecule has 0 aromatic carbocycles. The standard InChI is InChI=1S/C21H32N4O2.H2/c1-21(26)10-4-3-5-15(12-21)11-19-16(13-22)14-23-20(25-19)24-17-6-8-18(27-2)9-7-17;/h14-15,17-18,26H,3-12H2,1-2H3,(H,23,24,25);1H/t15-,17?,18?,21+;/m0./s1. The van der Waals surface area contributed by atoms with Crippen LogP contribution in [-0.4, -0.2) is 39.9 Å². The van der Waals surface area contributed by atoms with Gasteiger partial charge in [0.05, 0.1) is 29.2 Å². The van der Waals surface area contributed by atoms with Crippen LogP contribution in [0.3, 0.4) is 0 Å². The first-order valence-electron chi connectivity index (χ1n) is 10.3. The third-order valence-electron chi connectivity index (χ3n) is 6.12. The van der Waals surface area contributed by atoms with Gasteiger partial charge in [-0.1, -0.05) is 12.8 Å². The summed E-state index contributed by atoms with van der Waals surface area (Å²) in [7, 11) is 1.78. The molecule has 2 N–H and O–H groups in total. The van der Waals surface area contributed by atoms with Crippen LogP contribution in [0.4, 0.5) is 5.95 Å². The minimum absolute atomic E-state index is 0. The van der Waals surface area contributed by atoms with E-state index < -0.39 is 5.60 Å². The van der Waals surface area contributed by atoms with Gasteiger partial charge < -0.3 is 15.2 Å². The summed E-state index contributed by atoms with van der Waals surface area (Å²) in [6, 6.07) is 2.59. The topological polar surface area (TPSA) is 91.1 Å². The summed E-state index contributed by atoms with van der Waals surface area (Å²) in [5.41, 5.74) is 0.748. The molecule has 0 amide bonds. The van der Waals surface area contributed by atoms with Gasteiger partial charge in [-0.2, -0.15) is 5.26 Å². The lowest BCUT2D eigenvalue weighted by atomic mass is 9.87. The molecule has 6 heteroatoms. The number of ether oxygens (including phenoxy) is 1. The fourth-order valence-electron chi connectivity index (χ4n) is 4.57. The first-order chi connectivity index (χ1) is 13.0. The number of aliphatic hydroxyl groups is 1. The molecule has 3 rings (SSSR count). The molecule has 0 saturated heterocycles. The molecule has 0 unspecified atom stereocenters. The van der Waals surface area contributed by atoms with E-state index in [0.717, 1.165) is 69.9 Å². The van der Waals surface area contributed by atoms with Crippen molar-refractivity contribution in [1.29, 1.82) is 5.26 Å². The van der Waals surface area contributed by atoms with E-state index in [9.17, 15) is 10.4 Å². The largest absolute Gasteiger partial charge is 0.390 e. The van der Waals surface area contributed by atoms with Gasteiger partial charge in [0.2, 0.25) is 5.95 Å². The van der Waals surface area contributed by atoms with Crippen molar-refractivity contribution < 1.29 is 11.3 Å². The quantitative estimate of drug-likeness (QED) is 0.761. The first kappa shape index (κ1) is 20.0. The van der Waals surface area contributed by atoms with E-state index in [0.29, 0.717) is 29.6 Å². The number of hydrogen-bond donors (Lipinski definition) is 2. The molecule has 0 bridgehead atoms. The summed E-state index contributed by atoms with van der Waals surface area (Å²) in [6.07, 6.45) is 11.8. The smallest absolute Gasteiger partial charge is 0.223 e. The van der Waals surface area contributed by atoms with Gasteiger partial charge in [-0.3, -0.25) is 0 Å². The molecule has 0 aliphatic heterocycles. The fraction of sp³-hybridized carbons (Fsp3) is 0.762. The van der Waals surface area contributed by atoms with Crippen LogP contribution in [0.25, 0.3) is 0 Å².